The predicted octanol–water partition coefficient (Wildman–Crippen LogP) is 1.86. The van der Waals surface area contributed by atoms with Crippen LogP contribution in [0.25, 0.3) is 0 Å². The van der Waals surface area contributed by atoms with Crippen LogP contribution in [-0.4, -0.2) is 40.0 Å². The van der Waals surface area contributed by atoms with Gasteiger partial charge in [0.1, 0.15) is 6.04 Å². The van der Waals surface area contributed by atoms with Crippen LogP contribution in [0.2, 0.25) is 0 Å². The second kappa shape index (κ2) is 6.34. The van der Waals surface area contributed by atoms with Gasteiger partial charge in [0.15, 0.2) is 0 Å². The van der Waals surface area contributed by atoms with Gasteiger partial charge in [-0.25, -0.2) is 10.5 Å². The molecule has 2 N–H and O–H groups in total. The number of likely N-dealkylation sites (N-methyl/N-ethyl adjacent to an activating group) is 1. The molecule has 0 radical (unpaired) electrons. The van der Waals surface area contributed by atoms with Crippen molar-refractivity contribution in [3.05, 3.63) is 16.1 Å². The molecule has 1 heterocycles. The zero-order chi connectivity index (χ0) is 16.5. The van der Waals surface area contributed by atoms with Crippen LogP contribution in [0.3, 0.4) is 0 Å². The Morgan fingerprint density at radius 2 is 2.14 bits per heavy atom. The van der Waals surface area contributed by atoms with E-state index in [0.717, 1.165) is 22.7 Å². The number of rotatable bonds is 6. The molecule has 0 saturated heterocycles. The third-order valence-corrected chi connectivity index (χ3v) is 5.26. The van der Waals surface area contributed by atoms with Crippen molar-refractivity contribution in [2.45, 2.75) is 51.5 Å². The molecule has 7 heteroatoms. The average molecular weight is 325 g/mol. The number of nitrogens with zero attached hydrogens (tertiary/aromatic N) is 2. The van der Waals surface area contributed by atoms with Gasteiger partial charge in [-0.2, -0.15) is 0 Å². The second-order valence-electron chi connectivity index (χ2n) is 6.36. The molecule has 0 aliphatic heterocycles. The maximum absolute atomic E-state index is 12.9. The number of hydrogen-bond donors (Lipinski definition) is 2. The molecule has 2 rings (SSSR count). The summed E-state index contributed by atoms with van der Waals surface area (Å²) in [5.41, 5.74) is 1.16. The van der Waals surface area contributed by atoms with E-state index in [1.165, 1.54) is 16.2 Å². The van der Waals surface area contributed by atoms with Crippen LogP contribution in [0.5, 0.6) is 0 Å². The zero-order valence-corrected chi connectivity index (χ0v) is 14.2. The first kappa shape index (κ1) is 16.9. The summed E-state index contributed by atoms with van der Waals surface area (Å²) >= 11 is 1.53. The summed E-state index contributed by atoms with van der Waals surface area (Å²) in [4.78, 5) is 31.5. The molecular formula is C15H23N3O3S. The third-order valence-electron chi connectivity index (χ3n) is 4.15. The largest absolute Gasteiger partial charge is 0.333 e. The Hall–Kier alpha value is -1.47. The molecule has 1 aromatic rings. The molecular weight excluding hydrogens is 302 g/mol. The normalized spacial score (nSPS) is 17.2. The molecule has 1 atom stereocenters. The summed E-state index contributed by atoms with van der Waals surface area (Å²) in [7, 11) is 1.64. The molecule has 6 nitrogen and oxygen atoms in total. The van der Waals surface area contributed by atoms with Crippen molar-refractivity contribution < 1.29 is 14.8 Å². The van der Waals surface area contributed by atoms with Gasteiger partial charge >= 0.3 is 0 Å². The molecule has 1 saturated carbocycles. The van der Waals surface area contributed by atoms with Crippen LogP contribution in [0, 0.1) is 12.8 Å². The van der Waals surface area contributed by atoms with Crippen molar-refractivity contribution in [1.29, 1.82) is 0 Å². The number of carbonyl (C=O) groups excluding carboxylic acids is 2. The number of aromatic nitrogens is 1. The van der Waals surface area contributed by atoms with E-state index in [-0.39, 0.29) is 11.8 Å². The lowest BCUT2D eigenvalue weighted by Gasteiger charge is -2.30. The van der Waals surface area contributed by atoms with Gasteiger partial charge in [0.25, 0.3) is 5.91 Å². The molecule has 122 valence electrons. The lowest BCUT2D eigenvalue weighted by atomic mass is 9.98. The SMILES string of the molecule is Cc1ncc(C2(C(=O)N(C)C(CC(C)C)C(=O)NO)CC2)s1. The van der Waals surface area contributed by atoms with Crippen molar-refractivity contribution in [3.8, 4) is 0 Å². The minimum atomic E-state index is -0.663. The van der Waals surface area contributed by atoms with Gasteiger partial charge in [0, 0.05) is 18.1 Å². The number of thiazole rings is 1. The van der Waals surface area contributed by atoms with Crippen molar-refractivity contribution in [3.63, 3.8) is 0 Å². The first-order valence-corrected chi connectivity index (χ1v) is 8.27. The Kier molecular flexibility index (Phi) is 4.87. The fourth-order valence-corrected chi connectivity index (χ4v) is 3.73. The molecule has 0 bridgehead atoms. The van der Waals surface area contributed by atoms with Crippen LogP contribution < -0.4 is 5.48 Å². The first-order valence-electron chi connectivity index (χ1n) is 7.46. The number of amides is 2. The van der Waals surface area contributed by atoms with Crippen LogP contribution in [0.1, 0.15) is 43.0 Å². The van der Waals surface area contributed by atoms with Crippen LogP contribution >= 0.6 is 11.3 Å². The molecule has 0 spiro atoms. The minimum Gasteiger partial charge on any atom is -0.333 e. The van der Waals surface area contributed by atoms with Crippen molar-refractivity contribution >= 4 is 23.2 Å². The van der Waals surface area contributed by atoms with E-state index in [2.05, 4.69) is 4.98 Å². The summed E-state index contributed by atoms with van der Waals surface area (Å²) in [6, 6.07) is -0.663. The molecule has 1 fully saturated rings. The summed E-state index contributed by atoms with van der Waals surface area (Å²) in [6.07, 6.45) is 3.84. The molecule has 0 aromatic carbocycles. The van der Waals surface area contributed by atoms with Crippen molar-refractivity contribution in [1.82, 2.24) is 15.4 Å². The van der Waals surface area contributed by atoms with E-state index in [9.17, 15) is 9.59 Å². The van der Waals surface area contributed by atoms with E-state index in [4.69, 9.17) is 5.21 Å². The maximum Gasteiger partial charge on any atom is 0.266 e. The topological polar surface area (TPSA) is 82.5 Å². The third kappa shape index (κ3) is 3.15. The minimum absolute atomic E-state index is 0.0644. The first-order chi connectivity index (χ1) is 10.3. The lowest BCUT2D eigenvalue weighted by Crippen LogP contribution is -2.50. The van der Waals surface area contributed by atoms with Crippen molar-refractivity contribution in [2.75, 3.05) is 7.05 Å². The fourth-order valence-electron chi connectivity index (χ4n) is 2.71. The predicted molar refractivity (Wildman–Crippen MR) is 83.7 cm³/mol. The van der Waals surface area contributed by atoms with E-state index in [1.54, 1.807) is 18.7 Å². The Morgan fingerprint density at radius 1 is 1.50 bits per heavy atom. The highest BCUT2D eigenvalue weighted by atomic mass is 32.1. The molecule has 1 aliphatic carbocycles. The fraction of sp³-hybridized carbons (Fsp3) is 0.667. The van der Waals surface area contributed by atoms with E-state index < -0.39 is 17.4 Å². The van der Waals surface area contributed by atoms with Crippen LogP contribution in [0.15, 0.2) is 6.20 Å². The lowest BCUT2D eigenvalue weighted by molar-refractivity contribution is -0.145. The number of nitrogens with one attached hydrogen (secondary N) is 1. The number of hydroxylamine groups is 1. The molecule has 1 aliphatic rings. The van der Waals surface area contributed by atoms with Crippen LogP contribution in [0.4, 0.5) is 0 Å². The second-order valence-corrected chi connectivity index (χ2v) is 7.60. The quantitative estimate of drug-likeness (QED) is 0.618. The molecule has 22 heavy (non-hydrogen) atoms. The smallest absolute Gasteiger partial charge is 0.266 e. The average Bonchev–Trinajstić information content (AvgIpc) is 3.18. The molecule has 1 aromatic heterocycles. The Labute approximate surface area is 134 Å². The summed E-state index contributed by atoms with van der Waals surface area (Å²) in [6.45, 7) is 5.88. The Morgan fingerprint density at radius 3 is 2.55 bits per heavy atom. The Balaban J connectivity index is 2.21. The van der Waals surface area contributed by atoms with Gasteiger partial charge in [-0.1, -0.05) is 13.8 Å². The number of aryl methyl sites for hydroxylation is 1. The molecule has 1 unspecified atom stereocenters. The standard InChI is InChI=1S/C15H23N3O3S/c1-9(2)7-11(13(19)17-21)18(4)14(20)15(5-6-15)12-8-16-10(3)22-12/h8-9,11,21H,5-7H2,1-4H3,(H,17,19). The van der Waals surface area contributed by atoms with E-state index in [0.29, 0.717) is 6.42 Å². The number of hydrogen-bond acceptors (Lipinski definition) is 5. The van der Waals surface area contributed by atoms with Gasteiger partial charge in [-0.05, 0) is 32.1 Å². The van der Waals surface area contributed by atoms with E-state index in [1.807, 2.05) is 20.8 Å². The molecule has 2 amide bonds. The zero-order valence-electron chi connectivity index (χ0n) is 13.4. The highest BCUT2D eigenvalue weighted by Crippen LogP contribution is 2.51. The monoisotopic (exact) mass is 325 g/mol. The van der Waals surface area contributed by atoms with Gasteiger partial charge in [-0.15, -0.1) is 11.3 Å². The van der Waals surface area contributed by atoms with E-state index >= 15 is 0 Å². The van der Waals surface area contributed by atoms with Gasteiger partial charge in [0.05, 0.1) is 10.4 Å². The van der Waals surface area contributed by atoms with Crippen molar-refractivity contribution in [2.24, 2.45) is 5.92 Å². The Bertz CT molecular complexity index is 566. The van der Waals surface area contributed by atoms with Gasteiger partial charge < -0.3 is 4.90 Å². The van der Waals surface area contributed by atoms with Gasteiger partial charge in [0.2, 0.25) is 5.91 Å². The summed E-state index contributed by atoms with van der Waals surface area (Å²) < 4.78 is 0. The summed E-state index contributed by atoms with van der Waals surface area (Å²) in [5.74, 6) is -0.371. The highest BCUT2D eigenvalue weighted by Gasteiger charge is 2.55. The van der Waals surface area contributed by atoms with Crippen LogP contribution in [-0.2, 0) is 15.0 Å². The highest BCUT2D eigenvalue weighted by molar-refractivity contribution is 7.11. The number of carbonyl (C=O) groups is 2. The maximum atomic E-state index is 12.9. The summed E-state index contributed by atoms with van der Waals surface area (Å²) in [5, 5.41) is 9.88. The van der Waals surface area contributed by atoms with Gasteiger partial charge in [-0.3, -0.25) is 14.8 Å².